The number of carbonyl (C=O) groups is 1. The highest BCUT2D eigenvalue weighted by Gasteiger charge is 2.17. The molecule has 0 radical (unpaired) electrons. The summed E-state index contributed by atoms with van der Waals surface area (Å²) in [5, 5.41) is 13.8. The van der Waals surface area contributed by atoms with Crippen LogP contribution >= 0.6 is 0 Å². The van der Waals surface area contributed by atoms with Gasteiger partial charge in [0.05, 0.1) is 11.5 Å². The molecule has 7 heteroatoms. The Morgan fingerprint density at radius 1 is 1.47 bits per heavy atom. The van der Waals surface area contributed by atoms with Crippen molar-refractivity contribution in [1.29, 1.82) is 0 Å². The van der Waals surface area contributed by atoms with E-state index >= 15 is 0 Å². The molecule has 7 nitrogen and oxygen atoms in total. The molecule has 0 heterocycles. The largest absolute Gasteiger partial charge is 0.475 e. The predicted molar refractivity (Wildman–Crippen MR) is 68.0 cm³/mol. The van der Waals surface area contributed by atoms with Crippen LogP contribution in [0.15, 0.2) is 18.2 Å². The molecule has 1 aromatic rings. The summed E-state index contributed by atoms with van der Waals surface area (Å²) in [5.74, 6) is -0.498. The molecule has 1 aromatic carbocycles. The molecule has 19 heavy (non-hydrogen) atoms. The van der Waals surface area contributed by atoms with Gasteiger partial charge in [-0.25, -0.2) is 4.79 Å². The van der Waals surface area contributed by atoms with Crippen LogP contribution < -0.4 is 10.1 Å². The van der Waals surface area contributed by atoms with Crippen LogP contribution in [0.3, 0.4) is 0 Å². The highest BCUT2D eigenvalue weighted by Crippen LogP contribution is 2.27. The SMILES string of the molecule is CCOC(=O)COc1cc(CNC)ccc1[N+](=O)[O-]. The lowest BCUT2D eigenvalue weighted by Crippen LogP contribution is -2.15. The first-order valence-corrected chi connectivity index (χ1v) is 5.78. The number of hydrogen-bond donors (Lipinski definition) is 1. The lowest BCUT2D eigenvalue weighted by atomic mass is 10.2. The van der Waals surface area contributed by atoms with Crippen LogP contribution in [0, 0.1) is 10.1 Å². The van der Waals surface area contributed by atoms with Crippen molar-refractivity contribution in [2.75, 3.05) is 20.3 Å². The first kappa shape index (κ1) is 14.9. The third kappa shape index (κ3) is 4.55. The van der Waals surface area contributed by atoms with Gasteiger partial charge in [-0.3, -0.25) is 10.1 Å². The highest BCUT2D eigenvalue weighted by atomic mass is 16.6. The maximum absolute atomic E-state index is 11.2. The predicted octanol–water partition coefficient (Wildman–Crippen LogP) is 1.26. The number of esters is 1. The Labute approximate surface area is 110 Å². The molecule has 104 valence electrons. The number of hydrogen-bond acceptors (Lipinski definition) is 6. The fraction of sp³-hybridized carbons (Fsp3) is 0.417. The lowest BCUT2D eigenvalue weighted by Gasteiger charge is -2.08. The van der Waals surface area contributed by atoms with Gasteiger partial charge >= 0.3 is 11.7 Å². The van der Waals surface area contributed by atoms with Gasteiger partial charge in [-0.05, 0) is 25.6 Å². The van der Waals surface area contributed by atoms with Crippen molar-refractivity contribution in [2.45, 2.75) is 13.5 Å². The molecular weight excluding hydrogens is 252 g/mol. The van der Waals surface area contributed by atoms with Crippen molar-refractivity contribution in [3.63, 3.8) is 0 Å². The Bertz CT molecular complexity index is 461. The normalized spacial score (nSPS) is 10.0. The van der Waals surface area contributed by atoms with Crippen molar-refractivity contribution in [3.8, 4) is 5.75 Å². The quantitative estimate of drug-likeness (QED) is 0.454. The summed E-state index contributed by atoms with van der Waals surface area (Å²) in [7, 11) is 1.76. The van der Waals surface area contributed by atoms with E-state index in [0.29, 0.717) is 6.54 Å². The van der Waals surface area contributed by atoms with E-state index in [4.69, 9.17) is 9.47 Å². The Morgan fingerprint density at radius 3 is 2.79 bits per heavy atom. The first-order chi connectivity index (χ1) is 9.08. The summed E-state index contributed by atoms with van der Waals surface area (Å²) in [5.41, 5.74) is 0.649. The summed E-state index contributed by atoms with van der Waals surface area (Å²) in [4.78, 5) is 21.5. The summed E-state index contributed by atoms with van der Waals surface area (Å²) >= 11 is 0. The molecule has 0 aliphatic heterocycles. The second-order valence-electron chi connectivity index (χ2n) is 3.68. The number of nitrogens with one attached hydrogen (secondary N) is 1. The van der Waals surface area contributed by atoms with E-state index < -0.39 is 10.9 Å². The van der Waals surface area contributed by atoms with Gasteiger partial charge in [0.1, 0.15) is 0 Å². The molecule has 1 N–H and O–H groups in total. The van der Waals surface area contributed by atoms with Gasteiger partial charge < -0.3 is 14.8 Å². The van der Waals surface area contributed by atoms with Gasteiger partial charge in [-0.15, -0.1) is 0 Å². The molecule has 0 aliphatic carbocycles. The third-order valence-corrected chi connectivity index (χ3v) is 2.25. The van der Waals surface area contributed by atoms with Crippen LogP contribution in [-0.4, -0.2) is 31.2 Å². The molecular formula is C12H16N2O5. The number of nitro groups is 1. The van der Waals surface area contributed by atoms with Crippen LogP contribution in [0.2, 0.25) is 0 Å². The van der Waals surface area contributed by atoms with Crippen molar-refractivity contribution >= 4 is 11.7 Å². The maximum Gasteiger partial charge on any atom is 0.344 e. The molecule has 0 spiro atoms. The summed E-state index contributed by atoms with van der Waals surface area (Å²) < 4.78 is 9.85. The monoisotopic (exact) mass is 268 g/mol. The molecule has 0 atom stereocenters. The number of ether oxygens (including phenoxy) is 2. The average molecular weight is 268 g/mol. The van der Waals surface area contributed by atoms with Crippen LogP contribution in [0.1, 0.15) is 12.5 Å². The van der Waals surface area contributed by atoms with E-state index in [1.54, 1.807) is 20.0 Å². The minimum atomic E-state index is -0.559. The van der Waals surface area contributed by atoms with Crippen LogP contribution in [-0.2, 0) is 16.1 Å². The fourth-order valence-corrected chi connectivity index (χ4v) is 1.48. The van der Waals surface area contributed by atoms with E-state index in [1.165, 1.54) is 12.1 Å². The topological polar surface area (TPSA) is 90.7 Å². The fourth-order valence-electron chi connectivity index (χ4n) is 1.48. The molecule has 0 bridgehead atoms. The van der Waals surface area contributed by atoms with E-state index in [0.717, 1.165) is 5.56 Å². The molecule has 0 saturated heterocycles. The zero-order valence-corrected chi connectivity index (χ0v) is 10.8. The molecule has 0 saturated carbocycles. The number of nitrogens with zero attached hydrogens (tertiary/aromatic N) is 1. The van der Waals surface area contributed by atoms with Gasteiger partial charge in [-0.1, -0.05) is 6.07 Å². The van der Waals surface area contributed by atoms with E-state index in [9.17, 15) is 14.9 Å². The van der Waals surface area contributed by atoms with Gasteiger partial charge in [0.25, 0.3) is 0 Å². The van der Waals surface area contributed by atoms with Crippen LogP contribution in [0.25, 0.3) is 0 Å². The minimum Gasteiger partial charge on any atom is -0.475 e. The van der Waals surface area contributed by atoms with E-state index in [-0.39, 0.29) is 24.7 Å². The van der Waals surface area contributed by atoms with Crippen molar-refractivity contribution < 1.29 is 19.2 Å². The Balaban J connectivity index is 2.85. The molecule has 0 fully saturated rings. The second-order valence-corrected chi connectivity index (χ2v) is 3.68. The summed E-state index contributed by atoms with van der Waals surface area (Å²) in [6.45, 7) is 2.11. The number of nitro benzene ring substituents is 1. The van der Waals surface area contributed by atoms with Gasteiger partial charge in [-0.2, -0.15) is 0 Å². The third-order valence-electron chi connectivity index (χ3n) is 2.25. The van der Waals surface area contributed by atoms with Gasteiger partial charge in [0.15, 0.2) is 12.4 Å². The average Bonchev–Trinajstić information content (AvgIpc) is 2.37. The number of benzene rings is 1. The Hall–Kier alpha value is -2.15. The molecule has 0 amide bonds. The standard InChI is InChI=1S/C12H16N2O5/c1-3-18-12(15)8-19-11-6-9(7-13-2)4-5-10(11)14(16)17/h4-6,13H,3,7-8H2,1-2H3. The first-order valence-electron chi connectivity index (χ1n) is 5.78. The minimum absolute atomic E-state index is 0.0609. The van der Waals surface area contributed by atoms with Gasteiger partial charge in [0, 0.05) is 12.6 Å². The van der Waals surface area contributed by atoms with Crippen molar-refractivity contribution in [3.05, 3.63) is 33.9 Å². The van der Waals surface area contributed by atoms with Crippen molar-refractivity contribution in [2.24, 2.45) is 0 Å². The summed E-state index contributed by atoms with van der Waals surface area (Å²) in [6, 6.07) is 4.52. The molecule has 0 aliphatic rings. The lowest BCUT2D eigenvalue weighted by molar-refractivity contribution is -0.385. The highest BCUT2D eigenvalue weighted by molar-refractivity contribution is 5.71. The smallest absolute Gasteiger partial charge is 0.344 e. The van der Waals surface area contributed by atoms with Crippen LogP contribution in [0.4, 0.5) is 5.69 Å². The van der Waals surface area contributed by atoms with Crippen LogP contribution in [0.5, 0.6) is 5.75 Å². The maximum atomic E-state index is 11.2. The molecule has 1 rings (SSSR count). The summed E-state index contributed by atoms with van der Waals surface area (Å²) in [6.07, 6.45) is 0. The zero-order chi connectivity index (χ0) is 14.3. The Morgan fingerprint density at radius 2 is 2.21 bits per heavy atom. The zero-order valence-electron chi connectivity index (χ0n) is 10.8. The molecule has 0 unspecified atom stereocenters. The van der Waals surface area contributed by atoms with E-state index in [1.807, 2.05) is 0 Å². The Kier molecular flexibility index (Phi) is 5.74. The molecule has 0 aromatic heterocycles. The van der Waals surface area contributed by atoms with Crippen molar-refractivity contribution in [1.82, 2.24) is 5.32 Å². The number of carbonyl (C=O) groups excluding carboxylic acids is 1. The van der Waals surface area contributed by atoms with Gasteiger partial charge in [0.2, 0.25) is 0 Å². The number of rotatable bonds is 7. The second kappa shape index (κ2) is 7.32. The van der Waals surface area contributed by atoms with E-state index in [2.05, 4.69) is 5.32 Å².